The third kappa shape index (κ3) is 22.7. The zero-order valence-corrected chi connectivity index (χ0v) is 28.5. The Kier molecular flexibility index (Phi) is 30.7. The van der Waals surface area contributed by atoms with Crippen molar-refractivity contribution < 1.29 is 14.2 Å². The molecule has 0 aromatic heterocycles. The largest absolute Gasteiger partial charge is 0.489 e. The fraction of sp³-hybridized carbons (Fsp3) is 0.286. The summed E-state index contributed by atoms with van der Waals surface area (Å²) in [5, 5.41) is 0. The van der Waals surface area contributed by atoms with E-state index < -0.39 is 0 Å². The number of hydrogen-bond donors (Lipinski definition) is 0. The van der Waals surface area contributed by atoms with Crippen LogP contribution in [0, 0.1) is 0 Å². The molecule has 0 bridgehead atoms. The molecule has 0 saturated carbocycles. The normalized spacial score (nSPS) is 8.80. The second-order valence-corrected chi connectivity index (χ2v) is 9.51. The van der Waals surface area contributed by atoms with Crippen LogP contribution in [0.15, 0.2) is 149 Å². The lowest BCUT2D eigenvalue weighted by molar-refractivity contribution is 0.360. The van der Waals surface area contributed by atoms with Gasteiger partial charge >= 0.3 is 0 Å². The number of rotatable bonds is 15. The van der Waals surface area contributed by atoms with Gasteiger partial charge in [0.15, 0.2) is 0 Å². The number of allylic oxidation sites excluding steroid dienone is 3. The molecule has 0 aliphatic rings. The molecule has 0 N–H and O–H groups in total. The molecule has 244 valence electrons. The molecule has 45 heavy (non-hydrogen) atoms. The van der Waals surface area contributed by atoms with Gasteiger partial charge < -0.3 is 14.2 Å². The molecule has 0 spiro atoms. The Morgan fingerprint density at radius 2 is 0.622 bits per heavy atom. The number of ether oxygens (including phenoxy) is 3. The summed E-state index contributed by atoms with van der Waals surface area (Å²) < 4.78 is 16.4. The standard InChI is InChI=1S/3C12H14O.2C3H8/c3*1-3-7-11-8-5-6-9-12(11)13-10-4-2;2*1-3-2/h3*3-6,8-9H,1-2,7,10H2;2*3H2,1-2H3. The van der Waals surface area contributed by atoms with Crippen LogP contribution < -0.4 is 14.2 Å². The maximum Gasteiger partial charge on any atom is 0.123 e. The van der Waals surface area contributed by atoms with Crippen molar-refractivity contribution in [3.63, 3.8) is 0 Å². The first-order chi connectivity index (χ1) is 22.0. The summed E-state index contributed by atoms with van der Waals surface area (Å²) in [6.07, 6.45) is 15.9. The van der Waals surface area contributed by atoms with Crippen molar-refractivity contribution in [1.29, 1.82) is 0 Å². The predicted octanol–water partition coefficient (Wildman–Crippen LogP) is 11.8. The summed E-state index contributed by atoms with van der Waals surface area (Å²) in [4.78, 5) is 0. The summed E-state index contributed by atoms with van der Waals surface area (Å²) in [5.41, 5.74) is 3.50. The van der Waals surface area contributed by atoms with E-state index in [2.05, 4.69) is 67.2 Å². The zero-order chi connectivity index (χ0) is 34.0. The smallest absolute Gasteiger partial charge is 0.123 e. The van der Waals surface area contributed by atoms with Gasteiger partial charge in [0.05, 0.1) is 0 Å². The van der Waals surface area contributed by atoms with Crippen LogP contribution in [0.25, 0.3) is 0 Å². The van der Waals surface area contributed by atoms with Gasteiger partial charge in [-0.2, -0.15) is 0 Å². The molecule has 0 atom stereocenters. The molecular formula is C42H58O3. The molecule has 0 radical (unpaired) electrons. The topological polar surface area (TPSA) is 27.7 Å². The van der Waals surface area contributed by atoms with Gasteiger partial charge in [-0.1, -0.05) is 151 Å². The van der Waals surface area contributed by atoms with E-state index in [1.54, 1.807) is 18.2 Å². The van der Waals surface area contributed by atoms with Crippen LogP contribution in [0.1, 0.15) is 57.2 Å². The third-order valence-corrected chi connectivity index (χ3v) is 5.08. The van der Waals surface area contributed by atoms with Crippen molar-refractivity contribution in [2.75, 3.05) is 19.8 Å². The second-order valence-electron chi connectivity index (χ2n) is 9.51. The Labute approximate surface area is 276 Å². The predicted molar refractivity (Wildman–Crippen MR) is 200 cm³/mol. The van der Waals surface area contributed by atoms with Crippen LogP contribution in [-0.2, 0) is 19.3 Å². The van der Waals surface area contributed by atoms with E-state index >= 15 is 0 Å². The van der Waals surface area contributed by atoms with E-state index in [0.717, 1.165) is 36.5 Å². The van der Waals surface area contributed by atoms with Gasteiger partial charge in [-0.3, -0.25) is 0 Å². The summed E-state index contributed by atoms with van der Waals surface area (Å²) in [7, 11) is 0. The van der Waals surface area contributed by atoms with Gasteiger partial charge in [0.1, 0.15) is 37.1 Å². The minimum absolute atomic E-state index is 0.550. The summed E-state index contributed by atoms with van der Waals surface area (Å²) in [6.45, 7) is 32.1. The molecule has 3 heteroatoms. The Morgan fingerprint density at radius 1 is 0.400 bits per heavy atom. The van der Waals surface area contributed by atoms with Gasteiger partial charge in [0.2, 0.25) is 0 Å². The van der Waals surface area contributed by atoms with Crippen molar-refractivity contribution in [2.24, 2.45) is 0 Å². The lowest BCUT2D eigenvalue weighted by Gasteiger charge is -2.07. The maximum atomic E-state index is 5.47. The quantitative estimate of drug-likeness (QED) is 0.160. The number of benzene rings is 3. The number of para-hydroxylation sites is 3. The summed E-state index contributed by atoms with van der Waals surface area (Å²) in [5.74, 6) is 2.76. The summed E-state index contributed by atoms with van der Waals surface area (Å²) >= 11 is 0. The number of hydrogen-bond acceptors (Lipinski definition) is 3. The lowest BCUT2D eigenvalue weighted by atomic mass is 10.1. The molecule has 0 unspecified atom stereocenters. The average Bonchev–Trinajstić information content (AvgIpc) is 3.05. The van der Waals surface area contributed by atoms with Crippen molar-refractivity contribution >= 4 is 0 Å². The van der Waals surface area contributed by atoms with Crippen molar-refractivity contribution in [2.45, 2.75) is 59.8 Å². The Hall–Kier alpha value is -4.50. The van der Waals surface area contributed by atoms with Gasteiger partial charge in [-0.25, -0.2) is 0 Å². The SMILES string of the molecule is C=CCOc1ccccc1CC=C.C=CCOc1ccccc1CC=C.C=CCOc1ccccc1CC=C.CCC.CCC. The van der Waals surface area contributed by atoms with Crippen LogP contribution in [0.5, 0.6) is 17.2 Å². The second kappa shape index (κ2) is 32.4. The van der Waals surface area contributed by atoms with E-state index in [4.69, 9.17) is 14.2 Å². The van der Waals surface area contributed by atoms with E-state index in [9.17, 15) is 0 Å². The van der Waals surface area contributed by atoms with E-state index in [1.165, 1.54) is 29.5 Å². The molecule has 3 aromatic carbocycles. The molecule has 3 rings (SSSR count). The Bertz CT molecular complexity index is 1040. The molecule has 0 aliphatic carbocycles. The van der Waals surface area contributed by atoms with E-state index in [0.29, 0.717) is 19.8 Å². The minimum atomic E-state index is 0.550. The van der Waals surface area contributed by atoms with Crippen LogP contribution >= 0.6 is 0 Å². The van der Waals surface area contributed by atoms with Gasteiger partial charge in [0, 0.05) is 0 Å². The molecule has 0 heterocycles. The molecule has 0 amide bonds. The lowest BCUT2D eigenvalue weighted by Crippen LogP contribution is -1.96. The highest BCUT2D eigenvalue weighted by atomic mass is 16.5. The Balaban J connectivity index is 0. The fourth-order valence-electron chi connectivity index (χ4n) is 3.35. The molecule has 0 saturated heterocycles. The van der Waals surface area contributed by atoms with Crippen LogP contribution in [-0.4, -0.2) is 19.8 Å². The summed E-state index contributed by atoms with van der Waals surface area (Å²) in [6, 6.07) is 23.9. The van der Waals surface area contributed by atoms with Crippen molar-refractivity contribution in [3.05, 3.63) is 165 Å². The van der Waals surface area contributed by atoms with E-state index in [1.807, 2.05) is 91.0 Å². The van der Waals surface area contributed by atoms with Gasteiger partial charge in [0.25, 0.3) is 0 Å². The highest BCUT2D eigenvalue weighted by molar-refractivity contribution is 5.36. The van der Waals surface area contributed by atoms with Crippen LogP contribution in [0.4, 0.5) is 0 Å². The van der Waals surface area contributed by atoms with Gasteiger partial charge in [-0.05, 0) is 54.2 Å². The first-order valence-electron chi connectivity index (χ1n) is 15.7. The monoisotopic (exact) mass is 610 g/mol. The highest BCUT2D eigenvalue weighted by Crippen LogP contribution is 2.20. The molecule has 0 fully saturated rings. The average molecular weight is 611 g/mol. The third-order valence-electron chi connectivity index (χ3n) is 5.08. The van der Waals surface area contributed by atoms with Crippen molar-refractivity contribution in [1.82, 2.24) is 0 Å². The minimum Gasteiger partial charge on any atom is -0.489 e. The first-order valence-corrected chi connectivity index (χ1v) is 15.7. The van der Waals surface area contributed by atoms with Crippen molar-refractivity contribution in [3.8, 4) is 17.2 Å². The van der Waals surface area contributed by atoms with Crippen LogP contribution in [0.2, 0.25) is 0 Å². The first kappa shape index (κ1) is 42.6. The zero-order valence-electron chi connectivity index (χ0n) is 28.5. The van der Waals surface area contributed by atoms with E-state index in [-0.39, 0.29) is 0 Å². The molecule has 0 aliphatic heterocycles. The molecule has 3 aromatic rings. The molecule has 3 nitrogen and oxygen atoms in total. The molecular weight excluding hydrogens is 552 g/mol. The highest BCUT2D eigenvalue weighted by Gasteiger charge is 2.00. The Morgan fingerprint density at radius 3 is 0.822 bits per heavy atom. The van der Waals surface area contributed by atoms with Crippen LogP contribution in [0.3, 0.4) is 0 Å². The fourth-order valence-corrected chi connectivity index (χ4v) is 3.35. The van der Waals surface area contributed by atoms with Gasteiger partial charge in [-0.15, -0.1) is 19.7 Å². The maximum absolute atomic E-state index is 5.47.